The molecule has 5 heteroatoms. The van der Waals surface area contributed by atoms with E-state index in [1.165, 1.54) is 0 Å². The van der Waals surface area contributed by atoms with Crippen LogP contribution >= 0.6 is 0 Å². The molecule has 0 saturated carbocycles. The molecular formula is C11H22N2O2S. The number of piperidine rings is 1. The van der Waals surface area contributed by atoms with Crippen LogP contribution in [-0.4, -0.2) is 57.0 Å². The normalized spacial score (nSPS) is 39.1. The Morgan fingerprint density at radius 3 is 2.62 bits per heavy atom. The highest BCUT2D eigenvalue weighted by Gasteiger charge is 2.35. The molecule has 2 rings (SSSR count). The maximum absolute atomic E-state index is 11.5. The second-order valence-electron chi connectivity index (χ2n) is 5.26. The van der Waals surface area contributed by atoms with E-state index >= 15 is 0 Å². The average molecular weight is 246 g/mol. The Morgan fingerprint density at radius 1 is 1.31 bits per heavy atom. The SMILES string of the molecule is CC1CNCCC1N(C)C1CCS(=O)(=O)C1. The van der Waals surface area contributed by atoms with Gasteiger partial charge in [0.1, 0.15) is 0 Å². The van der Waals surface area contributed by atoms with Crippen molar-refractivity contribution in [2.45, 2.75) is 31.8 Å². The van der Waals surface area contributed by atoms with Crippen LogP contribution < -0.4 is 5.32 Å². The van der Waals surface area contributed by atoms with Gasteiger partial charge in [-0.2, -0.15) is 0 Å². The zero-order valence-electron chi connectivity index (χ0n) is 10.1. The van der Waals surface area contributed by atoms with E-state index in [1.54, 1.807) is 0 Å². The summed E-state index contributed by atoms with van der Waals surface area (Å²) >= 11 is 0. The molecule has 0 aromatic carbocycles. The number of hydrogen-bond donors (Lipinski definition) is 1. The quantitative estimate of drug-likeness (QED) is 0.751. The zero-order chi connectivity index (χ0) is 11.8. The first-order chi connectivity index (χ1) is 7.49. The summed E-state index contributed by atoms with van der Waals surface area (Å²) in [5.74, 6) is 1.35. The highest BCUT2D eigenvalue weighted by molar-refractivity contribution is 7.91. The van der Waals surface area contributed by atoms with Crippen molar-refractivity contribution in [2.75, 3.05) is 31.6 Å². The van der Waals surface area contributed by atoms with Crippen LogP contribution in [0.4, 0.5) is 0 Å². The first-order valence-electron chi connectivity index (χ1n) is 6.13. The van der Waals surface area contributed by atoms with Gasteiger partial charge in [0.2, 0.25) is 0 Å². The second-order valence-corrected chi connectivity index (χ2v) is 7.49. The smallest absolute Gasteiger partial charge is 0.151 e. The summed E-state index contributed by atoms with van der Waals surface area (Å²) in [5, 5.41) is 3.38. The Balaban J connectivity index is 1.99. The van der Waals surface area contributed by atoms with Gasteiger partial charge in [0.25, 0.3) is 0 Å². The molecule has 3 unspecified atom stereocenters. The molecule has 0 aromatic rings. The highest BCUT2D eigenvalue weighted by atomic mass is 32.2. The highest BCUT2D eigenvalue weighted by Crippen LogP contribution is 2.24. The lowest BCUT2D eigenvalue weighted by Gasteiger charge is -2.39. The van der Waals surface area contributed by atoms with Crippen molar-refractivity contribution in [1.82, 2.24) is 10.2 Å². The summed E-state index contributed by atoms with van der Waals surface area (Å²) in [4.78, 5) is 2.32. The molecule has 0 aromatic heterocycles. The van der Waals surface area contributed by atoms with E-state index in [4.69, 9.17) is 0 Å². The molecule has 16 heavy (non-hydrogen) atoms. The molecule has 4 nitrogen and oxygen atoms in total. The molecule has 0 aliphatic carbocycles. The number of nitrogens with zero attached hydrogens (tertiary/aromatic N) is 1. The molecule has 0 bridgehead atoms. The Bertz CT molecular complexity index is 342. The van der Waals surface area contributed by atoms with Crippen molar-refractivity contribution in [1.29, 1.82) is 0 Å². The molecule has 2 aliphatic rings. The van der Waals surface area contributed by atoms with Crippen molar-refractivity contribution in [3.63, 3.8) is 0 Å². The van der Waals surface area contributed by atoms with Crippen molar-refractivity contribution in [3.8, 4) is 0 Å². The summed E-state index contributed by atoms with van der Waals surface area (Å²) in [6, 6.07) is 0.787. The fourth-order valence-corrected chi connectivity index (χ4v) is 4.76. The van der Waals surface area contributed by atoms with Crippen LogP contribution in [0.5, 0.6) is 0 Å². The van der Waals surface area contributed by atoms with Gasteiger partial charge in [-0.3, -0.25) is 4.90 Å². The van der Waals surface area contributed by atoms with Gasteiger partial charge in [-0.15, -0.1) is 0 Å². The van der Waals surface area contributed by atoms with Gasteiger partial charge >= 0.3 is 0 Å². The van der Waals surface area contributed by atoms with Crippen LogP contribution in [-0.2, 0) is 9.84 Å². The minimum Gasteiger partial charge on any atom is -0.316 e. The minimum atomic E-state index is -2.75. The lowest BCUT2D eigenvalue weighted by Crippen LogP contribution is -2.50. The Morgan fingerprint density at radius 2 is 2.06 bits per heavy atom. The van der Waals surface area contributed by atoms with Gasteiger partial charge in [-0.1, -0.05) is 6.92 Å². The minimum absolute atomic E-state index is 0.246. The fraction of sp³-hybridized carbons (Fsp3) is 1.00. The van der Waals surface area contributed by atoms with Crippen LogP contribution in [0.15, 0.2) is 0 Å². The molecule has 2 aliphatic heterocycles. The monoisotopic (exact) mass is 246 g/mol. The molecule has 2 heterocycles. The third-order valence-corrected chi connectivity index (χ3v) is 5.80. The molecule has 1 N–H and O–H groups in total. The summed E-state index contributed by atoms with van der Waals surface area (Å²) < 4.78 is 22.9. The van der Waals surface area contributed by atoms with E-state index in [1.807, 2.05) is 0 Å². The van der Waals surface area contributed by atoms with Gasteiger partial charge in [0.05, 0.1) is 11.5 Å². The number of nitrogens with one attached hydrogen (secondary N) is 1. The Hall–Kier alpha value is -0.130. The van der Waals surface area contributed by atoms with Crippen LogP contribution in [0.1, 0.15) is 19.8 Å². The maximum atomic E-state index is 11.5. The second kappa shape index (κ2) is 4.63. The predicted octanol–water partition coefficient (Wildman–Crippen LogP) is 0.103. The third kappa shape index (κ3) is 2.57. The average Bonchev–Trinajstić information content (AvgIpc) is 2.59. The Labute approximate surface area is 98.3 Å². The molecule has 0 radical (unpaired) electrons. The first kappa shape index (κ1) is 12.3. The van der Waals surface area contributed by atoms with Crippen molar-refractivity contribution in [3.05, 3.63) is 0 Å². The van der Waals surface area contributed by atoms with Gasteiger partial charge in [0.15, 0.2) is 9.84 Å². The van der Waals surface area contributed by atoms with Gasteiger partial charge in [0, 0.05) is 12.1 Å². The maximum Gasteiger partial charge on any atom is 0.151 e. The van der Waals surface area contributed by atoms with Crippen LogP contribution in [0.3, 0.4) is 0 Å². The fourth-order valence-electron chi connectivity index (χ4n) is 2.97. The van der Waals surface area contributed by atoms with Crippen molar-refractivity contribution < 1.29 is 8.42 Å². The van der Waals surface area contributed by atoms with Crippen LogP contribution in [0, 0.1) is 5.92 Å². The lowest BCUT2D eigenvalue weighted by atomic mass is 9.93. The molecule has 2 saturated heterocycles. The number of sulfone groups is 1. The third-order valence-electron chi connectivity index (χ3n) is 4.05. The van der Waals surface area contributed by atoms with E-state index < -0.39 is 9.84 Å². The van der Waals surface area contributed by atoms with Gasteiger partial charge in [-0.25, -0.2) is 8.42 Å². The van der Waals surface area contributed by atoms with E-state index in [0.29, 0.717) is 23.5 Å². The van der Waals surface area contributed by atoms with Crippen LogP contribution in [0.2, 0.25) is 0 Å². The number of rotatable bonds is 2. The molecule has 0 amide bonds. The van der Waals surface area contributed by atoms with E-state index in [9.17, 15) is 8.42 Å². The van der Waals surface area contributed by atoms with Gasteiger partial charge < -0.3 is 5.32 Å². The predicted molar refractivity (Wildman–Crippen MR) is 65.3 cm³/mol. The molecule has 2 fully saturated rings. The largest absolute Gasteiger partial charge is 0.316 e. The first-order valence-corrected chi connectivity index (χ1v) is 7.95. The van der Waals surface area contributed by atoms with Gasteiger partial charge in [-0.05, 0) is 38.9 Å². The standard InChI is InChI=1S/C11H22N2O2S/c1-9-7-12-5-3-11(9)13(2)10-4-6-16(14,15)8-10/h9-12H,3-8H2,1-2H3. The lowest BCUT2D eigenvalue weighted by molar-refractivity contribution is 0.114. The number of hydrogen-bond acceptors (Lipinski definition) is 4. The summed E-state index contributed by atoms with van der Waals surface area (Å²) in [6.07, 6.45) is 1.95. The van der Waals surface area contributed by atoms with E-state index in [-0.39, 0.29) is 6.04 Å². The van der Waals surface area contributed by atoms with E-state index in [2.05, 4.69) is 24.2 Å². The molecule has 94 valence electrons. The molecule has 0 spiro atoms. The van der Waals surface area contributed by atoms with Crippen LogP contribution in [0.25, 0.3) is 0 Å². The van der Waals surface area contributed by atoms with E-state index in [0.717, 1.165) is 25.9 Å². The molecular weight excluding hydrogens is 224 g/mol. The molecule has 3 atom stereocenters. The summed E-state index contributed by atoms with van der Waals surface area (Å²) in [5.41, 5.74) is 0. The summed E-state index contributed by atoms with van der Waals surface area (Å²) in [6.45, 7) is 4.35. The Kier molecular flexibility index (Phi) is 3.56. The van der Waals surface area contributed by atoms with Crippen molar-refractivity contribution in [2.24, 2.45) is 5.92 Å². The van der Waals surface area contributed by atoms with Crippen molar-refractivity contribution >= 4 is 9.84 Å². The summed E-state index contributed by atoms with van der Waals surface area (Å²) in [7, 11) is -0.659. The zero-order valence-corrected chi connectivity index (χ0v) is 11.0. The topological polar surface area (TPSA) is 49.4 Å².